The van der Waals surface area contributed by atoms with Crippen molar-refractivity contribution in [2.75, 3.05) is 6.61 Å². The number of rotatable bonds is 7. The molecule has 0 radical (unpaired) electrons. The fourth-order valence-electron chi connectivity index (χ4n) is 1.91. The van der Waals surface area contributed by atoms with Crippen molar-refractivity contribution in [3.63, 3.8) is 0 Å². The molecular formula is C16H26O2. The van der Waals surface area contributed by atoms with Gasteiger partial charge in [-0.15, -0.1) is 0 Å². The first-order chi connectivity index (χ1) is 8.52. The Kier molecular flexibility index (Phi) is 6.20. The summed E-state index contributed by atoms with van der Waals surface area (Å²) >= 11 is 0. The first kappa shape index (κ1) is 15.0. The van der Waals surface area contributed by atoms with E-state index in [9.17, 15) is 5.11 Å². The van der Waals surface area contributed by atoms with Crippen LogP contribution in [-0.4, -0.2) is 17.8 Å². The standard InChI is InChI=1S/C16H26O2/c1-5-12(2)6-8-15(17)11-18-16-9-7-13(3)10-14(16)4/h7,9-10,12,15,17H,5-6,8,11H2,1-4H3/t12-,15-/m0/s1. The van der Waals surface area contributed by atoms with Gasteiger partial charge in [-0.2, -0.15) is 0 Å². The molecule has 0 fully saturated rings. The van der Waals surface area contributed by atoms with Crippen LogP contribution in [0.15, 0.2) is 18.2 Å². The van der Waals surface area contributed by atoms with E-state index in [1.165, 1.54) is 12.0 Å². The molecule has 0 aliphatic carbocycles. The van der Waals surface area contributed by atoms with Crippen molar-refractivity contribution >= 4 is 0 Å². The van der Waals surface area contributed by atoms with Gasteiger partial charge in [-0.1, -0.05) is 38.0 Å². The lowest BCUT2D eigenvalue weighted by Crippen LogP contribution is -2.18. The van der Waals surface area contributed by atoms with Crippen LogP contribution in [0.4, 0.5) is 0 Å². The van der Waals surface area contributed by atoms with Gasteiger partial charge in [-0.3, -0.25) is 0 Å². The SMILES string of the molecule is CC[C@H](C)CC[C@H](O)COc1ccc(C)cc1C. The summed E-state index contributed by atoms with van der Waals surface area (Å²) in [5, 5.41) is 9.88. The molecule has 0 unspecified atom stereocenters. The number of aliphatic hydroxyl groups is 1. The molecule has 0 aliphatic heterocycles. The van der Waals surface area contributed by atoms with Crippen molar-refractivity contribution < 1.29 is 9.84 Å². The molecule has 2 nitrogen and oxygen atoms in total. The highest BCUT2D eigenvalue weighted by Gasteiger charge is 2.08. The molecule has 2 atom stereocenters. The molecule has 1 rings (SSSR count). The minimum atomic E-state index is -0.361. The van der Waals surface area contributed by atoms with E-state index in [-0.39, 0.29) is 6.10 Å². The zero-order valence-electron chi connectivity index (χ0n) is 12.1. The molecule has 0 amide bonds. The van der Waals surface area contributed by atoms with E-state index in [0.717, 1.165) is 24.2 Å². The van der Waals surface area contributed by atoms with Crippen LogP contribution < -0.4 is 4.74 Å². The molecule has 2 heteroatoms. The number of hydrogen-bond donors (Lipinski definition) is 1. The average Bonchev–Trinajstić information content (AvgIpc) is 2.34. The largest absolute Gasteiger partial charge is 0.491 e. The number of benzene rings is 1. The van der Waals surface area contributed by atoms with E-state index in [1.807, 2.05) is 19.1 Å². The Morgan fingerprint density at radius 1 is 1.22 bits per heavy atom. The normalized spacial score (nSPS) is 14.3. The van der Waals surface area contributed by atoms with Crippen molar-refractivity contribution in [1.29, 1.82) is 0 Å². The summed E-state index contributed by atoms with van der Waals surface area (Å²) in [5.74, 6) is 1.56. The van der Waals surface area contributed by atoms with Crippen molar-refractivity contribution in [3.8, 4) is 5.75 Å². The Morgan fingerprint density at radius 3 is 2.56 bits per heavy atom. The zero-order valence-corrected chi connectivity index (χ0v) is 12.1. The van der Waals surface area contributed by atoms with Gasteiger partial charge in [0, 0.05) is 0 Å². The molecule has 1 N–H and O–H groups in total. The molecular weight excluding hydrogens is 224 g/mol. The summed E-state index contributed by atoms with van der Waals surface area (Å²) in [5.41, 5.74) is 2.36. The molecule has 0 aliphatic rings. The average molecular weight is 250 g/mol. The van der Waals surface area contributed by atoms with Gasteiger partial charge in [0.1, 0.15) is 12.4 Å². The number of hydrogen-bond acceptors (Lipinski definition) is 2. The van der Waals surface area contributed by atoms with E-state index >= 15 is 0 Å². The van der Waals surface area contributed by atoms with Gasteiger partial charge in [-0.25, -0.2) is 0 Å². The Hall–Kier alpha value is -1.02. The van der Waals surface area contributed by atoms with Crippen LogP contribution in [-0.2, 0) is 0 Å². The van der Waals surface area contributed by atoms with E-state index in [2.05, 4.69) is 26.8 Å². The van der Waals surface area contributed by atoms with Crippen LogP contribution in [0.25, 0.3) is 0 Å². The third-order valence-corrected chi connectivity index (χ3v) is 3.45. The quantitative estimate of drug-likeness (QED) is 0.796. The molecule has 1 aromatic rings. The first-order valence-corrected chi connectivity index (χ1v) is 6.91. The Bertz CT molecular complexity index is 360. The van der Waals surface area contributed by atoms with Crippen molar-refractivity contribution in [2.24, 2.45) is 5.92 Å². The molecule has 18 heavy (non-hydrogen) atoms. The van der Waals surface area contributed by atoms with Crippen LogP contribution in [0.5, 0.6) is 5.75 Å². The summed E-state index contributed by atoms with van der Waals surface area (Å²) < 4.78 is 5.67. The third-order valence-electron chi connectivity index (χ3n) is 3.45. The molecule has 0 aromatic heterocycles. The maximum absolute atomic E-state index is 9.88. The number of aliphatic hydroxyl groups excluding tert-OH is 1. The van der Waals surface area contributed by atoms with Gasteiger partial charge in [0.25, 0.3) is 0 Å². The Morgan fingerprint density at radius 2 is 1.94 bits per heavy atom. The van der Waals surface area contributed by atoms with E-state index in [1.54, 1.807) is 0 Å². The highest BCUT2D eigenvalue weighted by Crippen LogP contribution is 2.19. The van der Waals surface area contributed by atoms with Crippen molar-refractivity contribution in [2.45, 2.75) is 53.1 Å². The van der Waals surface area contributed by atoms with Gasteiger partial charge in [0.2, 0.25) is 0 Å². The molecule has 0 heterocycles. The third kappa shape index (κ3) is 5.09. The van der Waals surface area contributed by atoms with Gasteiger partial charge in [0.15, 0.2) is 0 Å². The highest BCUT2D eigenvalue weighted by molar-refractivity contribution is 5.35. The highest BCUT2D eigenvalue weighted by atomic mass is 16.5. The Balaban J connectivity index is 2.35. The molecule has 1 aromatic carbocycles. The van der Waals surface area contributed by atoms with Crippen molar-refractivity contribution in [1.82, 2.24) is 0 Å². The lowest BCUT2D eigenvalue weighted by Gasteiger charge is -2.15. The monoisotopic (exact) mass is 250 g/mol. The number of aryl methyl sites for hydroxylation is 2. The minimum Gasteiger partial charge on any atom is -0.491 e. The van der Waals surface area contributed by atoms with Crippen molar-refractivity contribution in [3.05, 3.63) is 29.3 Å². The summed E-state index contributed by atoms with van der Waals surface area (Å²) in [6.45, 7) is 8.90. The van der Waals surface area contributed by atoms with Gasteiger partial charge in [-0.05, 0) is 44.2 Å². The predicted molar refractivity (Wildman–Crippen MR) is 76.1 cm³/mol. The molecule has 0 bridgehead atoms. The smallest absolute Gasteiger partial charge is 0.122 e. The second-order valence-corrected chi connectivity index (χ2v) is 5.32. The summed E-state index contributed by atoms with van der Waals surface area (Å²) in [6, 6.07) is 6.11. The van der Waals surface area contributed by atoms with Crippen LogP contribution in [0.2, 0.25) is 0 Å². The minimum absolute atomic E-state index is 0.361. The van der Waals surface area contributed by atoms with Crippen LogP contribution in [0.3, 0.4) is 0 Å². The van der Waals surface area contributed by atoms with Crippen LogP contribution >= 0.6 is 0 Å². The summed E-state index contributed by atoms with van der Waals surface area (Å²) in [6.07, 6.45) is 2.69. The van der Waals surface area contributed by atoms with E-state index in [4.69, 9.17) is 4.74 Å². The van der Waals surface area contributed by atoms with Gasteiger partial charge < -0.3 is 9.84 Å². The molecule has 0 saturated carbocycles. The predicted octanol–water partition coefficient (Wildman–Crippen LogP) is 3.87. The number of ether oxygens (including phenoxy) is 1. The molecule has 102 valence electrons. The van der Waals surface area contributed by atoms with E-state index in [0.29, 0.717) is 12.5 Å². The maximum atomic E-state index is 9.88. The topological polar surface area (TPSA) is 29.5 Å². The van der Waals surface area contributed by atoms with E-state index < -0.39 is 0 Å². The van der Waals surface area contributed by atoms with Crippen LogP contribution in [0.1, 0.15) is 44.2 Å². The molecule has 0 spiro atoms. The maximum Gasteiger partial charge on any atom is 0.122 e. The lowest BCUT2D eigenvalue weighted by atomic mass is 10.0. The fourth-order valence-corrected chi connectivity index (χ4v) is 1.91. The van der Waals surface area contributed by atoms with Gasteiger partial charge in [0.05, 0.1) is 6.10 Å². The fraction of sp³-hybridized carbons (Fsp3) is 0.625. The Labute approximate surface area is 111 Å². The first-order valence-electron chi connectivity index (χ1n) is 6.91. The molecule has 0 saturated heterocycles. The van der Waals surface area contributed by atoms with Gasteiger partial charge >= 0.3 is 0 Å². The summed E-state index contributed by atoms with van der Waals surface area (Å²) in [4.78, 5) is 0. The second kappa shape index (κ2) is 7.42. The lowest BCUT2D eigenvalue weighted by molar-refractivity contribution is 0.0939. The zero-order chi connectivity index (χ0) is 13.5. The second-order valence-electron chi connectivity index (χ2n) is 5.32. The van der Waals surface area contributed by atoms with Crippen LogP contribution in [0, 0.1) is 19.8 Å². The summed E-state index contributed by atoms with van der Waals surface area (Å²) in [7, 11) is 0.